The third-order valence-corrected chi connectivity index (χ3v) is 6.21. The van der Waals surface area contributed by atoms with Gasteiger partial charge in [-0.1, -0.05) is 29.8 Å². The van der Waals surface area contributed by atoms with Gasteiger partial charge in [-0.15, -0.1) is 0 Å². The largest absolute Gasteiger partial charge is 0.463 e. The maximum Gasteiger partial charge on any atom is 0.409 e. The van der Waals surface area contributed by atoms with Crippen molar-refractivity contribution in [3.63, 3.8) is 0 Å². The zero-order valence-electron chi connectivity index (χ0n) is 20.3. The molecule has 0 aromatic heterocycles. The lowest BCUT2D eigenvalue weighted by Crippen LogP contribution is -2.53. The van der Waals surface area contributed by atoms with Gasteiger partial charge in [-0.3, -0.25) is 9.59 Å². The average Bonchev–Trinajstić information content (AvgIpc) is 2.81. The van der Waals surface area contributed by atoms with Gasteiger partial charge >= 0.3 is 12.1 Å². The summed E-state index contributed by atoms with van der Waals surface area (Å²) in [6.45, 7) is 8.96. The lowest BCUT2D eigenvalue weighted by molar-refractivity contribution is -0.143. The molecule has 1 fully saturated rings. The number of benzene rings is 1. The van der Waals surface area contributed by atoms with Crippen LogP contribution in [0.25, 0.3) is 0 Å². The van der Waals surface area contributed by atoms with Crippen molar-refractivity contribution in [1.29, 1.82) is 0 Å². The van der Waals surface area contributed by atoms with Crippen molar-refractivity contribution in [2.75, 3.05) is 45.9 Å². The Labute approximate surface area is 200 Å². The lowest BCUT2D eigenvalue weighted by Gasteiger charge is -2.37. The molecular weight excluding hydrogens is 438 g/mol. The van der Waals surface area contributed by atoms with Gasteiger partial charge in [0, 0.05) is 44.2 Å². The first-order valence-electron chi connectivity index (χ1n) is 11.7. The van der Waals surface area contributed by atoms with E-state index in [-0.39, 0.29) is 37.5 Å². The van der Waals surface area contributed by atoms with E-state index in [0.717, 1.165) is 11.1 Å². The van der Waals surface area contributed by atoms with Gasteiger partial charge < -0.3 is 24.2 Å². The zero-order valence-corrected chi connectivity index (χ0v) is 20.3. The van der Waals surface area contributed by atoms with Crippen LogP contribution in [0.3, 0.4) is 0 Å². The lowest BCUT2D eigenvalue weighted by atomic mass is 9.83. The van der Waals surface area contributed by atoms with Crippen LogP contribution < -0.4 is 0 Å². The fourth-order valence-corrected chi connectivity index (χ4v) is 4.44. The second-order valence-corrected chi connectivity index (χ2v) is 8.44. The third kappa shape index (κ3) is 5.58. The molecular formula is C25H33N3O6. The number of carbonyl (C=O) groups is 4. The number of carbonyl (C=O) groups excluding carboxylic acids is 4. The molecule has 1 aromatic rings. The first-order chi connectivity index (χ1) is 16.3. The predicted octanol–water partition coefficient (Wildman–Crippen LogP) is 2.45. The van der Waals surface area contributed by atoms with Crippen LogP contribution in [-0.4, -0.2) is 84.5 Å². The van der Waals surface area contributed by atoms with Crippen LogP contribution in [0.4, 0.5) is 4.79 Å². The highest BCUT2D eigenvalue weighted by molar-refractivity contribution is 5.97. The van der Waals surface area contributed by atoms with E-state index in [1.54, 1.807) is 30.6 Å². The minimum atomic E-state index is -0.473. The van der Waals surface area contributed by atoms with Crippen molar-refractivity contribution in [2.24, 2.45) is 0 Å². The van der Waals surface area contributed by atoms with Crippen LogP contribution in [0.5, 0.6) is 0 Å². The molecule has 0 N–H and O–H groups in total. The van der Waals surface area contributed by atoms with Gasteiger partial charge in [0.2, 0.25) is 11.8 Å². The van der Waals surface area contributed by atoms with E-state index >= 15 is 0 Å². The molecule has 0 radical (unpaired) electrons. The first-order valence-corrected chi connectivity index (χ1v) is 11.7. The van der Waals surface area contributed by atoms with E-state index in [9.17, 15) is 19.2 Å². The molecule has 0 spiro atoms. The van der Waals surface area contributed by atoms with Gasteiger partial charge in [0.25, 0.3) is 0 Å². The maximum atomic E-state index is 13.1. The molecule has 9 heteroatoms. The van der Waals surface area contributed by atoms with E-state index in [2.05, 4.69) is 0 Å². The molecule has 0 aliphatic carbocycles. The Kier molecular flexibility index (Phi) is 8.31. The quantitative estimate of drug-likeness (QED) is 0.592. The van der Waals surface area contributed by atoms with Gasteiger partial charge in [-0.05, 0) is 33.3 Å². The monoisotopic (exact) mass is 471 g/mol. The van der Waals surface area contributed by atoms with Crippen molar-refractivity contribution in [1.82, 2.24) is 14.7 Å². The number of nitrogens with zero attached hydrogens (tertiary/aromatic N) is 3. The third-order valence-electron chi connectivity index (χ3n) is 6.21. The van der Waals surface area contributed by atoms with Crippen LogP contribution in [0.1, 0.15) is 44.2 Å². The Bertz CT molecular complexity index is 981. The number of amides is 3. The van der Waals surface area contributed by atoms with Crippen LogP contribution >= 0.6 is 0 Å². The van der Waals surface area contributed by atoms with E-state index in [1.807, 2.05) is 31.2 Å². The van der Waals surface area contributed by atoms with E-state index in [4.69, 9.17) is 9.47 Å². The normalized spacial score (nSPS) is 18.8. The Balaban J connectivity index is 1.79. The Morgan fingerprint density at radius 1 is 0.971 bits per heavy atom. The summed E-state index contributed by atoms with van der Waals surface area (Å²) in [5.74, 6) is -1.34. The summed E-state index contributed by atoms with van der Waals surface area (Å²) in [5.41, 5.74) is 2.76. The molecule has 1 atom stereocenters. The van der Waals surface area contributed by atoms with Gasteiger partial charge in [-0.25, -0.2) is 9.59 Å². The number of aryl methyl sites for hydroxylation is 1. The number of esters is 1. The number of hydrogen-bond acceptors (Lipinski definition) is 6. The van der Waals surface area contributed by atoms with Crippen molar-refractivity contribution in [2.45, 2.75) is 40.0 Å². The molecule has 2 aliphatic heterocycles. The zero-order chi connectivity index (χ0) is 24.8. The first kappa shape index (κ1) is 25.3. The highest BCUT2D eigenvalue weighted by atomic mass is 16.6. The number of piperazine rings is 1. The molecule has 2 aliphatic rings. The van der Waals surface area contributed by atoms with Crippen LogP contribution in [0.2, 0.25) is 0 Å². The van der Waals surface area contributed by atoms with Crippen molar-refractivity contribution in [3.05, 3.63) is 46.7 Å². The highest BCUT2D eigenvalue weighted by Gasteiger charge is 2.38. The molecule has 3 rings (SSSR count). The van der Waals surface area contributed by atoms with Crippen LogP contribution in [-0.2, 0) is 23.9 Å². The van der Waals surface area contributed by atoms with Crippen molar-refractivity contribution < 1.29 is 28.7 Å². The fraction of sp³-hybridized carbons (Fsp3) is 0.520. The van der Waals surface area contributed by atoms with Crippen LogP contribution in [0, 0.1) is 6.92 Å². The molecule has 1 saturated heterocycles. The molecule has 9 nitrogen and oxygen atoms in total. The minimum Gasteiger partial charge on any atom is -0.463 e. The number of ether oxygens (including phenoxy) is 2. The standard InChI is InChI=1S/C25H33N3O6/c1-5-33-24(31)23-18(4)28(21(29)15-20(23)19-9-7-8-17(3)14-19)16-22(30)26-10-12-27(13-11-26)25(32)34-6-2/h7-9,14,20H,5-6,10-13,15-16H2,1-4H3. The topological polar surface area (TPSA) is 96.5 Å². The summed E-state index contributed by atoms with van der Waals surface area (Å²) < 4.78 is 10.3. The molecule has 0 bridgehead atoms. The van der Waals surface area contributed by atoms with E-state index in [0.29, 0.717) is 44.1 Å². The van der Waals surface area contributed by atoms with Crippen molar-refractivity contribution in [3.8, 4) is 0 Å². The highest BCUT2D eigenvalue weighted by Crippen LogP contribution is 2.37. The Hall–Kier alpha value is -3.36. The molecule has 1 aromatic carbocycles. The predicted molar refractivity (Wildman–Crippen MR) is 125 cm³/mol. The molecule has 2 heterocycles. The van der Waals surface area contributed by atoms with Gasteiger partial charge in [-0.2, -0.15) is 0 Å². The smallest absolute Gasteiger partial charge is 0.409 e. The maximum absolute atomic E-state index is 13.1. The second-order valence-electron chi connectivity index (χ2n) is 8.44. The summed E-state index contributed by atoms with van der Waals surface area (Å²) >= 11 is 0. The Morgan fingerprint density at radius 2 is 1.62 bits per heavy atom. The van der Waals surface area contributed by atoms with E-state index in [1.165, 1.54) is 4.90 Å². The SMILES string of the molecule is CCOC(=O)C1=C(C)N(CC(=O)N2CCN(C(=O)OCC)CC2)C(=O)CC1c1cccc(C)c1. The number of hydrogen-bond donors (Lipinski definition) is 0. The van der Waals surface area contributed by atoms with E-state index < -0.39 is 11.9 Å². The molecule has 3 amide bonds. The Morgan fingerprint density at radius 3 is 2.24 bits per heavy atom. The second kappa shape index (κ2) is 11.2. The van der Waals surface area contributed by atoms with Gasteiger partial charge in [0.15, 0.2) is 0 Å². The molecule has 0 saturated carbocycles. The van der Waals surface area contributed by atoms with Gasteiger partial charge in [0.1, 0.15) is 6.54 Å². The summed E-state index contributed by atoms with van der Waals surface area (Å²) in [4.78, 5) is 55.5. The van der Waals surface area contributed by atoms with Gasteiger partial charge in [0.05, 0.1) is 18.8 Å². The summed E-state index contributed by atoms with van der Waals surface area (Å²) in [5, 5.41) is 0. The minimum absolute atomic E-state index is 0.0822. The number of rotatable bonds is 6. The molecule has 1 unspecified atom stereocenters. The fourth-order valence-electron chi connectivity index (χ4n) is 4.44. The molecule has 184 valence electrons. The summed E-state index contributed by atoms with van der Waals surface area (Å²) in [6, 6.07) is 7.73. The van der Waals surface area contributed by atoms with Crippen LogP contribution in [0.15, 0.2) is 35.5 Å². The average molecular weight is 472 g/mol. The van der Waals surface area contributed by atoms with Crippen molar-refractivity contribution >= 4 is 23.9 Å². The summed E-state index contributed by atoms with van der Waals surface area (Å²) in [7, 11) is 0. The molecule has 34 heavy (non-hydrogen) atoms. The summed E-state index contributed by atoms with van der Waals surface area (Å²) in [6.07, 6.45) is -0.306. The number of allylic oxidation sites excluding steroid dienone is 1.